The van der Waals surface area contributed by atoms with Crippen LogP contribution in [0.3, 0.4) is 0 Å². The number of halogens is 1. The molecule has 1 N–H and O–H groups in total. The predicted molar refractivity (Wildman–Crippen MR) is 151 cm³/mol. The summed E-state index contributed by atoms with van der Waals surface area (Å²) in [5, 5.41) is 9.70. The molecule has 0 aliphatic carbocycles. The molecule has 212 valence electrons. The van der Waals surface area contributed by atoms with Gasteiger partial charge in [0.05, 0.1) is 17.4 Å². The number of aliphatic hydroxyl groups is 1. The molecular weight excluding hydrogens is 518 g/mol. The summed E-state index contributed by atoms with van der Waals surface area (Å²) in [7, 11) is 1.71. The third kappa shape index (κ3) is 5.14. The SMILES string of the molecule is C=CCN(C)C(=O)[C@H]1[C@H]2C(=O)N(CCCCCCO)C(C(=O)N(CC=C)c3ccc(Cl)cc3)C23CC[C@]1(C)O3. The van der Waals surface area contributed by atoms with E-state index in [2.05, 4.69) is 13.2 Å². The number of anilines is 1. The molecule has 3 amide bonds. The van der Waals surface area contributed by atoms with Crippen LogP contribution >= 0.6 is 11.6 Å². The summed E-state index contributed by atoms with van der Waals surface area (Å²) in [4.78, 5) is 47.3. The molecule has 3 heterocycles. The highest BCUT2D eigenvalue weighted by Gasteiger charge is 2.78. The summed E-state index contributed by atoms with van der Waals surface area (Å²) in [5.41, 5.74) is -1.27. The Morgan fingerprint density at radius 2 is 1.77 bits per heavy atom. The third-order valence-electron chi connectivity index (χ3n) is 8.58. The van der Waals surface area contributed by atoms with Crippen LogP contribution in [-0.2, 0) is 19.1 Å². The number of likely N-dealkylation sites (N-methyl/N-ethyl adjacent to an activating group) is 1. The lowest BCUT2D eigenvalue weighted by Crippen LogP contribution is -2.56. The lowest BCUT2D eigenvalue weighted by molar-refractivity contribution is -0.149. The van der Waals surface area contributed by atoms with Gasteiger partial charge in [-0.15, -0.1) is 13.2 Å². The first-order valence-electron chi connectivity index (χ1n) is 13.8. The number of carbonyl (C=O) groups excluding carboxylic acids is 3. The quantitative estimate of drug-likeness (QED) is 0.294. The molecule has 2 bridgehead atoms. The number of amides is 3. The van der Waals surface area contributed by atoms with Crippen molar-refractivity contribution in [1.82, 2.24) is 9.80 Å². The molecular formula is C30H40ClN3O5. The minimum atomic E-state index is -1.09. The zero-order valence-corrected chi connectivity index (χ0v) is 23.7. The Hall–Kier alpha value is -2.68. The number of nitrogens with zero attached hydrogens (tertiary/aromatic N) is 3. The molecule has 3 aliphatic heterocycles. The van der Waals surface area contributed by atoms with Crippen molar-refractivity contribution in [2.75, 3.05) is 38.2 Å². The highest BCUT2D eigenvalue weighted by Crippen LogP contribution is 2.63. The van der Waals surface area contributed by atoms with Crippen LogP contribution in [0.15, 0.2) is 49.6 Å². The fourth-order valence-corrected chi connectivity index (χ4v) is 6.94. The average Bonchev–Trinajstić information content (AvgIpc) is 3.48. The number of fused-ring (bicyclic) bond motifs is 1. The molecule has 4 rings (SSSR count). The molecule has 1 aromatic carbocycles. The number of likely N-dealkylation sites (tertiary alicyclic amines) is 1. The van der Waals surface area contributed by atoms with Gasteiger partial charge in [0, 0.05) is 44.0 Å². The fraction of sp³-hybridized carbons (Fsp3) is 0.567. The molecule has 9 heteroatoms. The Morgan fingerprint density at radius 1 is 1.10 bits per heavy atom. The second-order valence-corrected chi connectivity index (χ2v) is 11.6. The van der Waals surface area contributed by atoms with Gasteiger partial charge in [-0.2, -0.15) is 0 Å². The smallest absolute Gasteiger partial charge is 0.253 e. The predicted octanol–water partition coefficient (Wildman–Crippen LogP) is 3.82. The van der Waals surface area contributed by atoms with Gasteiger partial charge in [0.25, 0.3) is 5.91 Å². The Balaban J connectivity index is 1.74. The molecule has 0 radical (unpaired) electrons. The van der Waals surface area contributed by atoms with Crippen molar-refractivity contribution < 1.29 is 24.2 Å². The minimum Gasteiger partial charge on any atom is -0.396 e. The van der Waals surface area contributed by atoms with E-state index in [0.29, 0.717) is 49.5 Å². The summed E-state index contributed by atoms with van der Waals surface area (Å²) in [6.07, 6.45) is 7.46. The fourth-order valence-electron chi connectivity index (χ4n) is 6.81. The molecule has 8 nitrogen and oxygen atoms in total. The number of benzene rings is 1. The molecule has 2 unspecified atom stereocenters. The summed E-state index contributed by atoms with van der Waals surface area (Å²) >= 11 is 6.11. The van der Waals surface area contributed by atoms with Gasteiger partial charge in [-0.25, -0.2) is 0 Å². The van der Waals surface area contributed by atoms with Crippen molar-refractivity contribution >= 4 is 35.0 Å². The van der Waals surface area contributed by atoms with Crippen molar-refractivity contribution in [3.8, 4) is 0 Å². The highest BCUT2D eigenvalue weighted by atomic mass is 35.5. The number of rotatable bonds is 13. The van der Waals surface area contributed by atoms with Crippen molar-refractivity contribution in [1.29, 1.82) is 0 Å². The van der Waals surface area contributed by atoms with Crippen LogP contribution in [-0.4, -0.2) is 83.2 Å². The second kappa shape index (κ2) is 11.8. The molecule has 0 aromatic heterocycles. The molecule has 39 heavy (non-hydrogen) atoms. The zero-order chi connectivity index (χ0) is 28.4. The Kier molecular flexibility index (Phi) is 8.88. The van der Waals surface area contributed by atoms with Crippen LogP contribution in [0, 0.1) is 11.8 Å². The Labute approximate surface area is 236 Å². The van der Waals surface area contributed by atoms with E-state index in [1.54, 1.807) is 58.2 Å². The number of unbranched alkanes of at least 4 members (excludes halogenated alkanes) is 3. The van der Waals surface area contributed by atoms with Gasteiger partial charge >= 0.3 is 0 Å². The number of carbonyl (C=O) groups is 3. The van der Waals surface area contributed by atoms with Crippen LogP contribution in [0.5, 0.6) is 0 Å². The molecule has 1 spiro atoms. The molecule has 5 atom stereocenters. The lowest BCUT2D eigenvalue weighted by Gasteiger charge is -2.37. The summed E-state index contributed by atoms with van der Waals surface area (Å²) in [6, 6.07) is 6.14. The normalized spacial score (nSPS) is 28.9. The van der Waals surface area contributed by atoms with E-state index in [1.165, 1.54) is 0 Å². The first kappa shape index (κ1) is 29.3. The van der Waals surface area contributed by atoms with Gasteiger partial charge in [0.2, 0.25) is 11.8 Å². The first-order chi connectivity index (χ1) is 18.6. The monoisotopic (exact) mass is 557 g/mol. The molecule has 1 aromatic rings. The third-order valence-corrected chi connectivity index (χ3v) is 8.83. The van der Waals surface area contributed by atoms with E-state index >= 15 is 0 Å². The van der Waals surface area contributed by atoms with E-state index in [1.807, 2.05) is 6.92 Å². The number of ether oxygens (including phenoxy) is 1. The van der Waals surface area contributed by atoms with Gasteiger partial charge in [-0.05, 0) is 56.9 Å². The number of aliphatic hydroxyl groups excluding tert-OH is 1. The van der Waals surface area contributed by atoms with Gasteiger partial charge in [-0.1, -0.05) is 36.6 Å². The highest BCUT2D eigenvalue weighted by molar-refractivity contribution is 6.30. The van der Waals surface area contributed by atoms with E-state index < -0.39 is 29.1 Å². The largest absolute Gasteiger partial charge is 0.396 e. The molecule has 0 saturated carbocycles. The number of hydrogen-bond donors (Lipinski definition) is 1. The van der Waals surface area contributed by atoms with Crippen LogP contribution < -0.4 is 4.90 Å². The van der Waals surface area contributed by atoms with E-state index in [9.17, 15) is 14.4 Å². The van der Waals surface area contributed by atoms with Crippen molar-refractivity contribution in [2.24, 2.45) is 11.8 Å². The molecule has 3 fully saturated rings. The van der Waals surface area contributed by atoms with Gasteiger partial charge in [-0.3, -0.25) is 14.4 Å². The van der Waals surface area contributed by atoms with Crippen LogP contribution in [0.2, 0.25) is 5.02 Å². The summed E-state index contributed by atoms with van der Waals surface area (Å²) < 4.78 is 6.73. The van der Waals surface area contributed by atoms with Gasteiger partial charge < -0.3 is 24.5 Å². The topological polar surface area (TPSA) is 90.4 Å². The second-order valence-electron chi connectivity index (χ2n) is 11.1. The zero-order valence-electron chi connectivity index (χ0n) is 23.0. The standard InChI is InChI=1S/C30H40ClN3O5/c1-5-17-32(4)26(36)23-24-27(37)34(19-9-7-8-10-20-35)25(30(24)16-15-29(23,3)39-30)28(38)33(18-6-2)22-13-11-21(31)12-14-22/h5-6,11-14,23-25,35H,1-2,7-10,15-20H2,3-4H3/t23-,24+,25?,29+,30?/m1/s1. The molecule has 3 saturated heterocycles. The minimum absolute atomic E-state index is 0.126. The van der Waals surface area contributed by atoms with Crippen molar-refractivity contribution in [2.45, 2.75) is 62.7 Å². The maximum Gasteiger partial charge on any atom is 0.253 e. The van der Waals surface area contributed by atoms with Gasteiger partial charge in [0.15, 0.2) is 0 Å². The van der Waals surface area contributed by atoms with E-state index in [4.69, 9.17) is 21.4 Å². The summed E-state index contributed by atoms with van der Waals surface area (Å²) in [6.45, 7) is 10.6. The Morgan fingerprint density at radius 3 is 2.41 bits per heavy atom. The van der Waals surface area contributed by atoms with Crippen molar-refractivity contribution in [3.63, 3.8) is 0 Å². The van der Waals surface area contributed by atoms with Crippen molar-refractivity contribution in [3.05, 3.63) is 54.6 Å². The maximum atomic E-state index is 14.5. The average molecular weight is 558 g/mol. The van der Waals surface area contributed by atoms with E-state index in [0.717, 1.165) is 12.8 Å². The first-order valence-corrected chi connectivity index (χ1v) is 14.2. The lowest BCUT2D eigenvalue weighted by atomic mass is 9.66. The summed E-state index contributed by atoms with van der Waals surface area (Å²) in [5.74, 6) is -2.02. The van der Waals surface area contributed by atoms with Crippen LogP contribution in [0.4, 0.5) is 5.69 Å². The van der Waals surface area contributed by atoms with Crippen LogP contribution in [0.25, 0.3) is 0 Å². The molecule has 3 aliphatic rings. The maximum absolute atomic E-state index is 14.5. The van der Waals surface area contributed by atoms with Crippen LogP contribution in [0.1, 0.15) is 45.4 Å². The van der Waals surface area contributed by atoms with E-state index in [-0.39, 0.29) is 30.9 Å². The number of hydrogen-bond acceptors (Lipinski definition) is 5. The Bertz CT molecular complexity index is 1110. The van der Waals surface area contributed by atoms with Gasteiger partial charge in [0.1, 0.15) is 11.6 Å².